The van der Waals surface area contributed by atoms with Crippen LogP contribution in [0.2, 0.25) is 0 Å². The molecule has 1 fully saturated rings. The quantitative estimate of drug-likeness (QED) is 0.671. The van der Waals surface area contributed by atoms with Gasteiger partial charge in [0.2, 0.25) is 0 Å². The molecule has 3 rings (SSSR count). The Hall–Kier alpha value is -1.56. The lowest BCUT2D eigenvalue weighted by atomic mass is 9.95. The van der Waals surface area contributed by atoms with Crippen molar-refractivity contribution in [1.82, 2.24) is 0 Å². The van der Waals surface area contributed by atoms with E-state index in [1.807, 2.05) is 6.07 Å². The summed E-state index contributed by atoms with van der Waals surface area (Å²) >= 11 is 0. The first-order chi connectivity index (χ1) is 7.34. The third kappa shape index (κ3) is 1.56. The van der Waals surface area contributed by atoms with Crippen molar-refractivity contribution >= 4 is 5.57 Å². The normalized spacial score (nSPS) is 26.8. The van der Waals surface area contributed by atoms with Gasteiger partial charge in [-0.05, 0) is 35.0 Å². The molecule has 2 unspecified atom stereocenters. The van der Waals surface area contributed by atoms with E-state index in [0.29, 0.717) is 0 Å². The molecule has 2 atom stereocenters. The summed E-state index contributed by atoms with van der Waals surface area (Å²) in [5, 5.41) is 0. The van der Waals surface area contributed by atoms with Gasteiger partial charge in [-0.1, -0.05) is 55.1 Å². The summed E-state index contributed by atoms with van der Waals surface area (Å²) in [7, 11) is 0. The first-order valence-corrected chi connectivity index (χ1v) is 5.49. The van der Waals surface area contributed by atoms with Crippen LogP contribution in [0.15, 0.2) is 60.7 Å². The van der Waals surface area contributed by atoms with E-state index >= 15 is 0 Å². The van der Waals surface area contributed by atoms with E-state index in [1.54, 1.807) is 0 Å². The van der Waals surface area contributed by atoms with Crippen LogP contribution in [0.25, 0.3) is 5.57 Å². The number of benzene rings is 1. The van der Waals surface area contributed by atoms with Crippen molar-refractivity contribution in [1.29, 1.82) is 0 Å². The van der Waals surface area contributed by atoms with Gasteiger partial charge in [0.25, 0.3) is 0 Å². The van der Waals surface area contributed by atoms with Crippen molar-refractivity contribution in [2.45, 2.75) is 6.42 Å². The second-order valence-corrected chi connectivity index (χ2v) is 4.39. The standard InChI is InChI=1S/C15H14/c1-11(12-5-3-2-4-6-12)13-7-8-14-10-15(14)9-13/h2-9,14-15H,1,10H2. The molecule has 1 saturated carbocycles. The van der Waals surface area contributed by atoms with Crippen LogP contribution in [-0.4, -0.2) is 0 Å². The van der Waals surface area contributed by atoms with Crippen LogP contribution in [0.5, 0.6) is 0 Å². The Morgan fingerprint density at radius 3 is 2.67 bits per heavy atom. The molecule has 0 radical (unpaired) electrons. The summed E-state index contributed by atoms with van der Waals surface area (Å²) in [6.45, 7) is 4.18. The summed E-state index contributed by atoms with van der Waals surface area (Å²) in [5.41, 5.74) is 3.68. The third-order valence-electron chi connectivity index (χ3n) is 3.28. The van der Waals surface area contributed by atoms with Gasteiger partial charge in [-0.2, -0.15) is 0 Å². The fourth-order valence-electron chi connectivity index (χ4n) is 2.17. The minimum absolute atomic E-state index is 0.797. The van der Waals surface area contributed by atoms with E-state index in [0.717, 1.165) is 17.4 Å². The molecule has 74 valence electrons. The zero-order chi connectivity index (χ0) is 10.3. The van der Waals surface area contributed by atoms with Crippen molar-refractivity contribution in [3.8, 4) is 0 Å². The fraction of sp³-hybridized carbons (Fsp3) is 0.200. The Labute approximate surface area is 90.6 Å². The molecule has 0 saturated heterocycles. The predicted molar refractivity (Wildman–Crippen MR) is 64.3 cm³/mol. The molecule has 0 aromatic heterocycles. The van der Waals surface area contributed by atoms with E-state index < -0.39 is 0 Å². The van der Waals surface area contributed by atoms with Gasteiger partial charge in [-0.25, -0.2) is 0 Å². The maximum Gasteiger partial charge on any atom is -0.0155 e. The van der Waals surface area contributed by atoms with E-state index in [1.165, 1.54) is 17.6 Å². The molecule has 0 N–H and O–H groups in total. The third-order valence-corrected chi connectivity index (χ3v) is 3.28. The fourth-order valence-corrected chi connectivity index (χ4v) is 2.17. The Balaban J connectivity index is 1.89. The van der Waals surface area contributed by atoms with Crippen LogP contribution in [0.3, 0.4) is 0 Å². The van der Waals surface area contributed by atoms with Crippen LogP contribution >= 0.6 is 0 Å². The molecule has 0 aliphatic heterocycles. The molecular weight excluding hydrogens is 180 g/mol. The molecule has 2 aliphatic rings. The van der Waals surface area contributed by atoms with Gasteiger partial charge < -0.3 is 0 Å². The molecule has 1 aromatic carbocycles. The van der Waals surface area contributed by atoms with Gasteiger partial charge >= 0.3 is 0 Å². The van der Waals surface area contributed by atoms with Crippen LogP contribution in [0, 0.1) is 11.8 Å². The SMILES string of the molecule is C=C(C1=CC2CC2C=C1)c1ccccc1. The minimum atomic E-state index is 0.797. The van der Waals surface area contributed by atoms with Crippen molar-refractivity contribution in [3.05, 3.63) is 66.3 Å². The topological polar surface area (TPSA) is 0 Å². The summed E-state index contributed by atoms with van der Waals surface area (Å²) < 4.78 is 0. The molecule has 0 spiro atoms. The van der Waals surface area contributed by atoms with Crippen LogP contribution in [0.1, 0.15) is 12.0 Å². The number of fused-ring (bicyclic) bond motifs is 1. The highest BCUT2D eigenvalue weighted by atomic mass is 14.4. The summed E-state index contributed by atoms with van der Waals surface area (Å²) in [4.78, 5) is 0. The number of hydrogen-bond acceptors (Lipinski definition) is 0. The zero-order valence-corrected chi connectivity index (χ0v) is 8.69. The highest BCUT2D eigenvalue weighted by Crippen LogP contribution is 2.45. The molecule has 0 nitrogen and oxygen atoms in total. The van der Waals surface area contributed by atoms with Crippen molar-refractivity contribution in [2.75, 3.05) is 0 Å². The van der Waals surface area contributed by atoms with Gasteiger partial charge in [-0.3, -0.25) is 0 Å². The van der Waals surface area contributed by atoms with Crippen LogP contribution in [0.4, 0.5) is 0 Å². The molecule has 0 heterocycles. The Morgan fingerprint density at radius 1 is 1.13 bits per heavy atom. The average molecular weight is 194 g/mol. The second-order valence-electron chi connectivity index (χ2n) is 4.39. The van der Waals surface area contributed by atoms with E-state index in [-0.39, 0.29) is 0 Å². The summed E-state index contributed by atoms with van der Waals surface area (Å²) in [6.07, 6.45) is 8.26. The molecule has 1 aromatic rings. The number of hydrogen-bond donors (Lipinski definition) is 0. The van der Waals surface area contributed by atoms with Crippen molar-refractivity contribution in [2.24, 2.45) is 11.8 Å². The van der Waals surface area contributed by atoms with E-state index in [2.05, 4.69) is 49.1 Å². The smallest absolute Gasteiger partial charge is 0.0155 e. The lowest BCUT2D eigenvalue weighted by Crippen LogP contribution is -1.91. The number of rotatable bonds is 2. The summed E-state index contributed by atoms with van der Waals surface area (Å²) in [5.74, 6) is 1.63. The van der Waals surface area contributed by atoms with Gasteiger partial charge in [0.15, 0.2) is 0 Å². The Morgan fingerprint density at radius 2 is 1.93 bits per heavy atom. The van der Waals surface area contributed by atoms with Crippen LogP contribution in [-0.2, 0) is 0 Å². The van der Waals surface area contributed by atoms with Crippen molar-refractivity contribution in [3.63, 3.8) is 0 Å². The largest absolute Gasteiger partial charge is 0.0906 e. The zero-order valence-electron chi connectivity index (χ0n) is 8.69. The predicted octanol–water partition coefficient (Wildman–Crippen LogP) is 3.83. The van der Waals surface area contributed by atoms with E-state index in [4.69, 9.17) is 0 Å². The maximum atomic E-state index is 4.18. The lowest BCUT2D eigenvalue weighted by molar-refractivity contribution is 0.972. The molecule has 15 heavy (non-hydrogen) atoms. The van der Waals surface area contributed by atoms with Gasteiger partial charge in [0, 0.05) is 0 Å². The first-order valence-electron chi connectivity index (χ1n) is 5.49. The van der Waals surface area contributed by atoms with Crippen molar-refractivity contribution < 1.29 is 0 Å². The molecule has 0 bridgehead atoms. The second kappa shape index (κ2) is 3.23. The molecule has 2 aliphatic carbocycles. The van der Waals surface area contributed by atoms with Gasteiger partial charge in [0.1, 0.15) is 0 Å². The molecule has 0 heteroatoms. The summed E-state index contributed by atoms with van der Waals surface area (Å²) in [6, 6.07) is 10.4. The van der Waals surface area contributed by atoms with Crippen LogP contribution < -0.4 is 0 Å². The number of allylic oxidation sites excluding steroid dienone is 5. The Kier molecular flexibility index (Phi) is 1.88. The minimum Gasteiger partial charge on any atom is -0.0906 e. The molecular formula is C15H14. The monoisotopic (exact) mass is 194 g/mol. The molecule has 0 amide bonds. The van der Waals surface area contributed by atoms with E-state index in [9.17, 15) is 0 Å². The lowest BCUT2D eigenvalue weighted by Gasteiger charge is -2.09. The average Bonchev–Trinajstić information content (AvgIpc) is 3.07. The highest BCUT2D eigenvalue weighted by molar-refractivity contribution is 5.80. The highest BCUT2D eigenvalue weighted by Gasteiger charge is 2.35. The van der Waals surface area contributed by atoms with Gasteiger partial charge in [0.05, 0.1) is 0 Å². The Bertz CT molecular complexity index is 448. The van der Waals surface area contributed by atoms with Gasteiger partial charge in [-0.15, -0.1) is 0 Å². The maximum absolute atomic E-state index is 4.18. The first kappa shape index (κ1) is 8.72.